The Hall–Kier alpha value is -2.10. The smallest absolute Gasteiger partial charge is 0.279 e. The van der Waals surface area contributed by atoms with Gasteiger partial charge in [0.05, 0.1) is 10.6 Å². The van der Waals surface area contributed by atoms with Crippen molar-refractivity contribution in [1.82, 2.24) is 20.4 Å². The highest BCUT2D eigenvalue weighted by molar-refractivity contribution is 9.10. The van der Waals surface area contributed by atoms with Crippen molar-refractivity contribution in [2.75, 3.05) is 5.75 Å². The fraction of sp³-hybridized carbons (Fsp3) is 0.0625. The summed E-state index contributed by atoms with van der Waals surface area (Å²) in [6.45, 7) is 0. The summed E-state index contributed by atoms with van der Waals surface area (Å²) in [7, 11) is 0. The first-order valence-corrected chi connectivity index (χ1v) is 9.84. The summed E-state index contributed by atoms with van der Waals surface area (Å²) in [5, 5.41) is 2.50. The minimum atomic E-state index is -0.329. The van der Waals surface area contributed by atoms with Crippen LogP contribution in [-0.4, -0.2) is 27.1 Å². The van der Waals surface area contributed by atoms with Gasteiger partial charge in [0.2, 0.25) is 5.91 Å². The van der Waals surface area contributed by atoms with Crippen LogP contribution in [0, 0.1) is 0 Å². The van der Waals surface area contributed by atoms with Crippen molar-refractivity contribution in [3.05, 3.63) is 63.5 Å². The quantitative estimate of drug-likeness (QED) is 0.475. The number of hydrogen-bond acceptors (Lipinski definition) is 5. The van der Waals surface area contributed by atoms with Crippen molar-refractivity contribution in [3.8, 4) is 5.69 Å². The zero-order chi connectivity index (χ0) is 17.6. The Morgan fingerprint density at radius 1 is 1.20 bits per heavy atom. The SMILES string of the molecule is O=C(CSc1nccn1-c1ccc(Br)cc1)NNC(=O)c1cccs1. The van der Waals surface area contributed by atoms with Gasteiger partial charge >= 0.3 is 0 Å². The van der Waals surface area contributed by atoms with Crippen molar-refractivity contribution < 1.29 is 9.59 Å². The van der Waals surface area contributed by atoms with Gasteiger partial charge in [0.25, 0.3) is 5.91 Å². The summed E-state index contributed by atoms with van der Waals surface area (Å²) in [4.78, 5) is 28.5. The third-order valence-corrected chi connectivity index (χ3v) is 5.47. The molecule has 0 unspecified atom stereocenters. The number of hydrogen-bond donors (Lipinski definition) is 2. The summed E-state index contributed by atoms with van der Waals surface area (Å²) in [6, 6.07) is 11.3. The molecule has 0 saturated carbocycles. The van der Waals surface area contributed by atoms with E-state index in [-0.39, 0.29) is 17.6 Å². The maximum Gasteiger partial charge on any atom is 0.279 e. The number of carbonyl (C=O) groups excluding carboxylic acids is 2. The predicted molar refractivity (Wildman–Crippen MR) is 102 cm³/mol. The van der Waals surface area contributed by atoms with Crippen LogP contribution < -0.4 is 10.9 Å². The summed E-state index contributed by atoms with van der Waals surface area (Å²) < 4.78 is 2.89. The highest BCUT2D eigenvalue weighted by Crippen LogP contribution is 2.21. The van der Waals surface area contributed by atoms with E-state index in [9.17, 15) is 9.59 Å². The maximum absolute atomic E-state index is 11.9. The third kappa shape index (κ3) is 4.71. The molecular weight excluding hydrogens is 424 g/mol. The number of imidazole rings is 1. The largest absolute Gasteiger partial charge is 0.295 e. The Bertz CT molecular complexity index is 863. The number of amides is 2. The minimum Gasteiger partial charge on any atom is -0.295 e. The average molecular weight is 437 g/mol. The van der Waals surface area contributed by atoms with Gasteiger partial charge in [0, 0.05) is 22.6 Å². The van der Waals surface area contributed by atoms with E-state index in [1.807, 2.05) is 35.0 Å². The van der Waals surface area contributed by atoms with E-state index in [1.165, 1.54) is 23.1 Å². The molecule has 0 radical (unpaired) electrons. The molecule has 0 aliphatic heterocycles. The highest BCUT2D eigenvalue weighted by Gasteiger charge is 2.11. The lowest BCUT2D eigenvalue weighted by Gasteiger charge is -2.08. The molecule has 0 fully saturated rings. The molecule has 0 spiro atoms. The second-order valence-corrected chi connectivity index (χ2v) is 7.63. The number of nitrogens with one attached hydrogen (secondary N) is 2. The van der Waals surface area contributed by atoms with Gasteiger partial charge in [-0.05, 0) is 35.7 Å². The summed E-state index contributed by atoms with van der Waals surface area (Å²) in [6.07, 6.45) is 3.52. The second kappa shape index (κ2) is 8.32. The zero-order valence-electron chi connectivity index (χ0n) is 12.8. The number of hydrazine groups is 1. The number of rotatable bonds is 5. The molecule has 0 aliphatic carbocycles. The van der Waals surface area contributed by atoms with E-state index in [4.69, 9.17) is 0 Å². The minimum absolute atomic E-state index is 0.137. The van der Waals surface area contributed by atoms with Crippen molar-refractivity contribution in [1.29, 1.82) is 0 Å². The number of carbonyl (C=O) groups is 2. The van der Waals surface area contributed by atoms with Crippen molar-refractivity contribution >= 4 is 50.8 Å². The van der Waals surface area contributed by atoms with Crippen LogP contribution >= 0.6 is 39.0 Å². The molecule has 1 aromatic carbocycles. The Morgan fingerprint density at radius 2 is 2.00 bits per heavy atom. The molecule has 0 atom stereocenters. The van der Waals surface area contributed by atoms with Gasteiger partial charge < -0.3 is 0 Å². The van der Waals surface area contributed by atoms with Crippen LogP contribution in [0.3, 0.4) is 0 Å². The van der Waals surface area contributed by atoms with E-state index in [0.29, 0.717) is 10.0 Å². The Morgan fingerprint density at radius 3 is 2.72 bits per heavy atom. The lowest BCUT2D eigenvalue weighted by molar-refractivity contribution is -0.119. The van der Waals surface area contributed by atoms with Crippen LogP contribution in [-0.2, 0) is 4.79 Å². The summed E-state index contributed by atoms with van der Waals surface area (Å²) in [5.74, 6) is -0.497. The first-order valence-electron chi connectivity index (χ1n) is 7.18. The molecule has 3 aromatic rings. The van der Waals surface area contributed by atoms with Crippen LogP contribution in [0.2, 0.25) is 0 Å². The Labute approximate surface area is 160 Å². The molecule has 2 amide bonds. The van der Waals surface area contributed by atoms with E-state index in [0.717, 1.165) is 10.2 Å². The van der Waals surface area contributed by atoms with Gasteiger partial charge in [-0.15, -0.1) is 11.3 Å². The first kappa shape index (κ1) is 17.7. The van der Waals surface area contributed by atoms with Crippen molar-refractivity contribution in [2.45, 2.75) is 5.16 Å². The highest BCUT2D eigenvalue weighted by atomic mass is 79.9. The molecule has 0 saturated heterocycles. The molecule has 2 N–H and O–H groups in total. The molecule has 128 valence electrons. The normalized spacial score (nSPS) is 10.4. The van der Waals surface area contributed by atoms with Gasteiger partial charge in [-0.1, -0.05) is 33.8 Å². The van der Waals surface area contributed by atoms with Crippen LogP contribution in [0.1, 0.15) is 9.67 Å². The lowest BCUT2D eigenvalue weighted by atomic mass is 10.3. The van der Waals surface area contributed by atoms with E-state index in [2.05, 4.69) is 31.8 Å². The fourth-order valence-electron chi connectivity index (χ4n) is 1.96. The van der Waals surface area contributed by atoms with Crippen LogP contribution in [0.15, 0.2) is 63.8 Å². The standard InChI is InChI=1S/C16H13BrN4O2S2/c17-11-3-5-12(6-4-11)21-8-7-18-16(21)25-10-14(22)19-20-15(23)13-2-1-9-24-13/h1-9H,10H2,(H,19,22)(H,20,23). The lowest BCUT2D eigenvalue weighted by Crippen LogP contribution is -2.42. The molecular formula is C16H13BrN4O2S2. The predicted octanol–water partition coefficient (Wildman–Crippen LogP) is 3.25. The van der Waals surface area contributed by atoms with Gasteiger partial charge in [-0.25, -0.2) is 4.98 Å². The van der Waals surface area contributed by atoms with Crippen LogP contribution in [0.25, 0.3) is 5.69 Å². The van der Waals surface area contributed by atoms with Crippen molar-refractivity contribution in [3.63, 3.8) is 0 Å². The molecule has 6 nitrogen and oxygen atoms in total. The van der Waals surface area contributed by atoms with Gasteiger partial charge in [-0.2, -0.15) is 0 Å². The van der Waals surface area contributed by atoms with Gasteiger partial charge in [0.15, 0.2) is 5.16 Å². The fourth-order valence-corrected chi connectivity index (χ4v) is 3.61. The van der Waals surface area contributed by atoms with Crippen LogP contribution in [0.5, 0.6) is 0 Å². The van der Waals surface area contributed by atoms with Gasteiger partial charge in [0.1, 0.15) is 0 Å². The zero-order valence-corrected chi connectivity index (χ0v) is 16.0. The molecule has 3 rings (SSSR count). The molecule has 0 bridgehead atoms. The number of aromatic nitrogens is 2. The Kier molecular flexibility index (Phi) is 5.90. The second-order valence-electron chi connectivity index (χ2n) is 4.82. The molecule has 0 aliphatic rings. The summed E-state index contributed by atoms with van der Waals surface area (Å²) >= 11 is 6.00. The number of thiophene rings is 1. The molecule has 9 heteroatoms. The van der Waals surface area contributed by atoms with E-state index < -0.39 is 0 Å². The number of thioether (sulfide) groups is 1. The molecule has 2 heterocycles. The van der Waals surface area contributed by atoms with Gasteiger partial charge in [-0.3, -0.25) is 25.0 Å². The topological polar surface area (TPSA) is 76.0 Å². The molecule has 2 aromatic heterocycles. The van der Waals surface area contributed by atoms with Crippen molar-refractivity contribution in [2.24, 2.45) is 0 Å². The summed E-state index contributed by atoms with van der Waals surface area (Å²) in [5.41, 5.74) is 5.75. The maximum atomic E-state index is 11.9. The third-order valence-electron chi connectivity index (χ3n) is 3.10. The first-order chi connectivity index (χ1) is 12.1. The number of halogens is 1. The monoisotopic (exact) mass is 436 g/mol. The number of benzene rings is 1. The Balaban J connectivity index is 1.54. The van der Waals surface area contributed by atoms with E-state index in [1.54, 1.807) is 23.7 Å². The average Bonchev–Trinajstić information content (AvgIpc) is 3.30. The number of nitrogens with zero attached hydrogens (tertiary/aromatic N) is 2. The van der Waals surface area contributed by atoms with E-state index >= 15 is 0 Å². The van der Waals surface area contributed by atoms with Crippen LogP contribution in [0.4, 0.5) is 0 Å². The molecule has 25 heavy (non-hydrogen) atoms.